The molecule has 1 saturated heterocycles. The van der Waals surface area contributed by atoms with Gasteiger partial charge in [-0.05, 0) is 0 Å². The van der Waals surface area contributed by atoms with E-state index in [1.54, 1.807) is 7.05 Å². The lowest BCUT2D eigenvalue weighted by Gasteiger charge is -2.28. The first-order chi connectivity index (χ1) is 5.25. The Bertz CT molecular complexity index is 193. The fourth-order valence-electron chi connectivity index (χ4n) is 0.860. The molecule has 0 spiro atoms. The highest BCUT2D eigenvalue weighted by atomic mass is 16.5. The number of hydrogen-bond donors (Lipinski definition) is 0. The van der Waals surface area contributed by atoms with Crippen molar-refractivity contribution in [2.24, 2.45) is 0 Å². The number of hydrogen-bond acceptors (Lipinski definition) is 3. The molecule has 0 aromatic rings. The average molecular weight is 154 g/mol. The zero-order valence-electron chi connectivity index (χ0n) is 6.41. The molecule has 1 atom stereocenters. The largest absolute Gasteiger partial charge is 0.368 e. The Morgan fingerprint density at radius 3 is 2.91 bits per heavy atom. The third kappa shape index (κ3) is 1.69. The second kappa shape index (κ2) is 3.35. The molecular weight excluding hydrogens is 144 g/mol. The highest BCUT2D eigenvalue weighted by Crippen LogP contribution is 2.12. The SMILES string of the molecule is CN(CC#N)C(=O)C1CCO1. The Labute approximate surface area is 65.4 Å². The second-order valence-corrected chi connectivity index (χ2v) is 2.50. The average Bonchev–Trinajstić information content (AvgIpc) is 1.84. The van der Waals surface area contributed by atoms with Gasteiger partial charge in [0.1, 0.15) is 12.6 Å². The smallest absolute Gasteiger partial charge is 0.252 e. The first kappa shape index (κ1) is 8.02. The van der Waals surface area contributed by atoms with E-state index >= 15 is 0 Å². The second-order valence-electron chi connectivity index (χ2n) is 2.50. The molecule has 0 aromatic carbocycles. The van der Waals surface area contributed by atoms with Crippen molar-refractivity contribution in [1.29, 1.82) is 5.26 Å². The van der Waals surface area contributed by atoms with Gasteiger partial charge < -0.3 is 9.64 Å². The summed E-state index contributed by atoms with van der Waals surface area (Å²) in [6.45, 7) is 0.801. The number of rotatable bonds is 2. The molecule has 0 N–H and O–H groups in total. The van der Waals surface area contributed by atoms with Gasteiger partial charge in [0, 0.05) is 13.5 Å². The molecule has 4 heteroatoms. The minimum atomic E-state index is -0.284. The van der Waals surface area contributed by atoms with Gasteiger partial charge in [-0.3, -0.25) is 4.79 Å². The zero-order chi connectivity index (χ0) is 8.27. The number of carbonyl (C=O) groups excluding carboxylic acids is 1. The number of likely N-dealkylation sites (N-methyl/N-ethyl adjacent to an activating group) is 1. The maximum Gasteiger partial charge on any atom is 0.252 e. The molecule has 11 heavy (non-hydrogen) atoms. The van der Waals surface area contributed by atoms with Crippen molar-refractivity contribution >= 4 is 5.91 Å². The molecule has 1 heterocycles. The van der Waals surface area contributed by atoms with E-state index in [1.165, 1.54) is 4.90 Å². The lowest BCUT2D eigenvalue weighted by atomic mass is 10.1. The summed E-state index contributed by atoms with van der Waals surface area (Å²) in [6, 6.07) is 1.90. The first-order valence-corrected chi connectivity index (χ1v) is 3.49. The number of carbonyl (C=O) groups is 1. The third-order valence-corrected chi connectivity index (χ3v) is 1.66. The lowest BCUT2D eigenvalue weighted by molar-refractivity contribution is -0.154. The van der Waals surface area contributed by atoms with Crippen LogP contribution in [0.2, 0.25) is 0 Å². The molecule has 1 unspecified atom stereocenters. The van der Waals surface area contributed by atoms with E-state index in [0.29, 0.717) is 6.61 Å². The lowest BCUT2D eigenvalue weighted by Crippen LogP contribution is -2.44. The van der Waals surface area contributed by atoms with Gasteiger partial charge in [0.25, 0.3) is 5.91 Å². The summed E-state index contributed by atoms with van der Waals surface area (Å²) in [5.74, 6) is -0.0854. The van der Waals surface area contributed by atoms with Gasteiger partial charge in [-0.25, -0.2) is 0 Å². The zero-order valence-corrected chi connectivity index (χ0v) is 6.41. The Kier molecular flexibility index (Phi) is 2.44. The van der Waals surface area contributed by atoms with Crippen molar-refractivity contribution in [1.82, 2.24) is 4.90 Å². The summed E-state index contributed by atoms with van der Waals surface area (Å²) in [7, 11) is 1.60. The number of amides is 1. The van der Waals surface area contributed by atoms with Crippen LogP contribution in [0.4, 0.5) is 0 Å². The van der Waals surface area contributed by atoms with Crippen LogP contribution < -0.4 is 0 Å². The highest BCUT2D eigenvalue weighted by molar-refractivity contribution is 5.81. The molecule has 1 amide bonds. The normalized spacial score (nSPS) is 21.6. The molecule has 0 aliphatic carbocycles. The summed E-state index contributed by atoms with van der Waals surface area (Å²) in [5.41, 5.74) is 0. The molecule has 1 aliphatic rings. The fourth-order valence-corrected chi connectivity index (χ4v) is 0.860. The third-order valence-electron chi connectivity index (χ3n) is 1.66. The minimum absolute atomic E-state index is 0.0854. The molecule has 60 valence electrons. The molecule has 0 radical (unpaired) electrons. The quantitative estimate of drug-likeness (QED) is 0.516. The van der Waals surface area contributed by atoms with Gasteiger partial charge in [-0.15, -0.1) is 0 Å². The molecule has 0 bridgehead atoms. The van der Waals surface area contributed by atoms with Gasteiger partial charge in [-0.2, -0.15) is 5.26 Å². The highest BCUT2D eigenvalue weighted by Gasteiger charge is 2.28. The van der Waals surface area contributed by atoms with Crippen LogP contribution >= 0.6 is 0 Å². The maximum atomic E-state index is 11.2. The van der Waals surface area contributed by atoms with Crippen LogP contribution in [0, 0.1) is 11.3 Å². The van der Waals surface area contributed by atoms with E-state index in [2.05, 4.69) is 0 Å². The van der Waals surface area contributed by atoms with E-state index in [0.717, 1.165) is 6.42 Å². The Morgan fingerprint density at radius 2 is 2.55 bits per heavy atom. The summed E-state index contributed by atoms with van der Waals surface area (Å²) in [6.07, 6.45) is 0.502. The van der Waals surface area contributed by atoms with Gasteiger partial charge in [0.15, 0.2) is 0 Å². The van der Waals surface area contributed by atoms with E-state index in [9.17, 15) is 4.79 Å². The topological polar surface area (TPSA) is 53.3 Å². The van der Waals surface area contributed by atoms with E-state index in [1.807, 2.05) is 6.07 Å². The number of nitriles is 1. The van der Waals surface area contributed by atoms with Crippen molar-refractivity contribution in [3.8, 4) is 6.07 Å². The van der Waals surface area contributed by atoms with Crippen molar-refractivity contribution in [3.05, 3.63) is 0 Å². The van der Waals surface area contributed by atoms with Crippen molar-refractivity contribution in [2.45, 2.75) is 12.5 Å². The molecule has 0 aromatic heterocycles. The minimum Gasteiger partial charge on any atom is -0.368 e. The first-order valence-electron chi connectivity index (χ1n) is 3.49. The number of ether oxygens (including phenoxy) is 1. The van der Waals surface area contributed by atoms with Crippen LogP contribution in [-0.4, -0.2) is 37.1 Å². The van der Waals surface area contributed by atoms with Crippen LogP contribution in [0.25, 0.3) is 0 Å². The van der Waals surface area contributed by atoms with E-state index in [-0.39, 0.29) is 18.6 Å². The van der Waals surface area contributed by atoms with Gasteiger partial charge in [-0.1, -0.05) is 0 Å². The molecular formula is C7H10N2O2. The molecule has 4 nitrogen and oxygen atoms in total. The molecule has 1 rings (SSSR count). The molecule has 0 saturated carbocycles. The summed E-state index contributed by atoms with van der Waals surface area (Å²) in [4.78, 5) is 12.5. The molecule has 1 aliphatic heterocycles. The standard InChI is InChI=1S/C7H10N2O2/c1-9(4-3-8)7(10)6-2-5-11-6/h6H,2,4-5H2,1H3. The van der Waals surface area contributed by atoms with E-state index in [4.69, 9.17) is 10.00 Å². The maximum absolute atomic E-state index is 11.2. The summed E-state index contributed by atoms with van der Waals surface area (Å²) < 4.78 is 4.96. The predicted octanol–water partition coefficient (Wildman–Crippen LogP) is -0.243. The monoisotopic (exact) mass is 154 g/mol. The van der Waals surface area contributed by atoms with Gasteiger partial charge >= 0.3 is 0 Å². The molecule has 1 fully saturated rings. The summed E-state index contributed by atoms with van der Waals surface area (Å²) >= 11 is 0. The van der Waals surface area contributed by atoms with Crippen molar-refractivity contribution in [2.75, 3.05) is 20.2 Å². The van der Waals surface area contributed by atoms with Crippen LogP contribution in [0.5, 0.6) is 0 Å². The van der Waals surface area contributed by atoms with Gasteiger partial charge in [0.05, 0.1) is 12.7 Å². The van der Waals surface area contributed by atoms with Crippen LogP contribution in [0.15, 0.2) is 0 Å². The van der Waals surface area contributed by atoms with Crippen LogP contribution in [0.3, 0.4) is 0 Å². The number of nitrogens with zero attached hydrogens (tertiary/aromatic N) is 2. The Hall–Kier alpha value is -1.08. The van der Waals surface area contributed by atoms with Crippen molar-refractivity contribution < 1.29 is 9.53 Å². The Balaban J connectivity index is 2.34. The fraction of sp³-hybridized carbons (Fsp3) is 0.714. The summed E-state index contributed by atoms with van der Waals surface area (Å²) in [5, 5.41) is 8.27. The van der Waals surface area contributed by atoms with Gasteiger partial charge in [0.2, 0.25) is 0 Å². The van der Waals surface area contributed by atoms with Crippen LogP contribution in [0.1, 0.15) is 6.42 Å². The van der Waals surface area contributed by atoms with Crippen molar-refractivity contribution in [3.63, 3.8) is 0 Å². The Morgan fingerprint density at radius 1 is 1.91 bits per heavy atom. The van der Waals surface area contributed by atoms with Crippen LogP contribution in [-0.2, 0) is 9.53 Å². The predicted molar refractivity (Wildman–Crippen MR) is 37.6 cm³/mol. The van der Waals surface area contributed by atoms with E-state index < -0.39 is 0 Å².